The Balaban J connectivity index is 1.40. The van der Waals surface area contributed by atoms with Crippen LogP contribution in [-0.4, -0.2) is 40.4 Å². The van der Waals surface area contributed by atoms with Crippen molar-refractivity contribution < 1.29 is 22.9 Å². The zero-order valence-corrected chi connectivity index (χ0v) is 25.8. The number of thiocarbonyl (C=S) groups is 1. The van der Waals surface area contributed by atoms with Crippen molar-refractivity contribution in [3.05, 3.63) is 134 Å². The van der Waals surface area contributed by atoms with Crippen molar-refractivity contribution in [3.8, 4) is 11.1 Å². The minimum absolute atomic E-state index is 0.0159. The molecular formula is C31H22ClN3O6S3. The van der Waals surface area contributed by atoms with Crippen molar-refractivity contribution in [2.24, 2.45) is 0 Å². The van der Waals surface area contributed by atoms with Gasteiger partial charge in [0.1, 0.15) is 10.4 Å². The second-order valence-electron chi connectivity index (χ2n) is 9.61. The molecule has 5 rings (SSSR count). The lowest BCUT2D eigenvalue weighted by atomic mass is 10.0. The van der Waals surface area contributed by atoms with E-state index in [0.29, 0.717) is 10.6 Å². The highest BCUT2D eigenvalue weighted by Gasteiger charge is 2.41. The lowest BCUT2D eigenvalue weighted by Gasteiger charge is -2.26. The van der Waals surface area contributed by atoms with Crippen LogP contribution < -0.4 is 4.72 Å². The van der Waals surface area contributed by atoms with Gasteiger partial charge in [-0.3, -0.25) is 24.6 Å². The standard InChI is InChI=1S/C31H22ClN3O6S3/c32-24-12-10-23(11-13-24)22-8-6-21(7-9-22)19-28-30(37)34(31(42)43-28)27(18-20-4-2-1-3-5-20)29(36)33-44(40,41)26-16-14-25(15-17-26)35(38)39/h1-17,19,27H,18H2,(H,33,36)/b28-19-/t27-/m0/s1. The second-order valence-corrected chi connectivity index (χ2v) is 13.4. The zero-order chi connectivity index (χ0) is 31.4. The van der Waals surface area contributed by atoms with Crippen LogP contribution in [0.1, 0.15) is 11.1 Å². The molecule has 1 aliphatic heterocycles. The van der Waals surface area contributed by atoms with E-state index in [4.69, 9.17) is 23.8 Å². The third kappa shape index (κ3) is 7.05. The van der Waals surface area contributed by atoms with Gasteiger partial charge in [-0.15, -0.1) is 0 Å². The Morgan fingerprint density at radius 2 is 1.55 bits per heavy atom. The zero-order valence-electron chi connectivity index (χ0n) is 22.6. The average Bonchev–Trinajstić information content (AvgIpc) is 3.28. The van der Waals surface area contributed by atoms with Crippen LogP contribution in [-0.2, 0) is 26.0 Å². The first kappa shape index (κ1) is 31.1. The highest BCUT2D eigenvalue weighted by atomic mass is 35.5. The number of benzene rings is 4. The molecule has 0 bridgehead atoms. The predicted molar refractivity (Wildman–Crippen MR) is 174 cm³/mol. The summed E-state index contributed by atoms with van der Waals surface area (Å²) in [5.41, 5.74) is 3.04. The summed E-state index contributed by atoms with van der Waals surface area (Å²) in [4.78, 5) is 38.6. The van der Waals surface area contributed by atoms with Gasteiger partial charge >= 0.3 is 0 Å². The van der Waals surface area contributed by atoms with E-state index in [1.165, 1.54) is 0 Å². The number of sulfonamides is 1. The summed E-state index contributed by atoms with van der Waals surface area (Å²) >= 11 is 12.5. The van der Waals surface area contributed by atoms with Gasteiger partial charge in [-0.1, -0.05) is 102 Å². The predicted octanol–water partition coefficient (Wildman–Crippen LogP) is 6.23. The fraction of sp³-hybridized carbons (Fsp3) is 0.0645. The Bertz CT molecular complexity index is 1880. The normalized spacial score (nSPS) is 14.9. The molecule has 0 aromatic heterocycles. The number of hydrogen-bond acceptors (Lipinski definition) is 8. The van der Waals surface area contributed by atoms with Gasteiger partial charge in [-0.25, -0.2) is 13.1 Å². The maximum absolute atomic E-state index is 13.7. The fourth-order valence-corrected chi connectivity index (χ4v) is 6.95. The molecule has 1 saturated heterocycles. The summed E-state index contributed by atoms with van der Waals surface area (Å²) < 4.78 is 28.2. The van der Waals surface area contributed by atoms with E-state index in [1.54, 1.807) is 48.5 Å². The molecule has 2 amide bonds. The number of rotatable bonds is 9. The number of halogens is 1. The van der Waals surface area contributed by atoms with Gasteiger partial charge in [0.25, 0.3) is 27.5 Å². The summed E-state index contributed by atoms with van der Waals surface area (Å²) in [7, 11) is -4.43. The van der Waals surface area contributed by atoms with E-state index >= 15 is 0 Å². The molecule has 4 aromatic carbocycles. The number of hydrogen-bond donors (Lipinski definition) is 1. The van der Waals surface area contributed by atoms with Crippen LogP contribution in [0.5, 0.6) is 0 Å². The van der Waals surface area contributed by atoms with Crippen molar-refractivity contribution in [1.82, 2.24) is 9.62 Å². The molecule has 0 saturated carbocycles. The topological polar surface area (TPSA) is 127 Å². The van der Waals surface area contributed by atoms with Gasteiger partial charge in [0.05, 0.1) is 14.7 Å². The van der Waals surface area contributed by atoms with E-state index in [-0.39, 0.29) is 26.2 Å². The fourth-order valence-electron chi connectivity index (χ4n) is 4.46. The molecule has 44 heavy (non-hydrogen) atoms. The van der Waals surface area contributed by atoms with E-state index < -0.39 is 32.8 Å². The number of nitro benzene ring substituents is 1. The molecule has 1 aliphatic rings. The van der Waals surface area contributed by atoms with Crippen LogP contribution in [0.4, 0.5) is 5.69 Å². The van der Waals surface area contributed by atoms with Crippen molar-refractivity contribution in [2.45, 2.75) is 17.4 Å². The molecule has 9 nitrogen and oxygen atoms in total. The minimum atomic E-state index is -4.43. The van der Waals surface area contributed by atoms with Crippen LogP contribution in [0.15, 0.2) is 113 Å². The number of nitro groups is 1. The van der Waals surface area contributed by atoms with E-state index in [1.807, 2.05) is 41.1 Å². The van der Waals surface area contributed by atoms with Crippen molar-refractivity contribution in [3.63, 3.8) is 0 Å². The molecular weight excluding hydrogens is 642 g/mol. The Kier molecular flexibility index (Phi) is 9.25. The van der Waals surface area contributed by atoms with Crippen molar-refractivity contribution in [2.75, 3.05) is 0 Å². The second kappa shape index (κ2) is 13.1. The van der Waals surface area contributed by atoms with Gasteiger partial charge in [0.2, 0.25) is 0 Å². The molecule has 0 unspecified atom stereocenters. The number of carbonyl (C=O) groups excluding carboxylic acids is 2. The van der Waals surface area contributed by atoms with Gasteiger partial charge in [-0.2, -0.15) is 0 Å². The quantitative estimate of drug-likeness (QED) is 0.0966. The van der Waals surface area contributed by atoms with Crippen LogP contribution in [0, 0.1) is 10.1 Å². The highest BCUT2D eigenvalue weighted by molar-refractivity contribution is 8.26. The molecule has 1 atom stereocenters. The average molecular weight is 664 g/mol. The van der Waals surface area contributed by atoms with Crippen LogP contribution in [0.3, 0.4) is 0 Å². The van der Waals surface area contributed by atoms with Gasteiger partial charge < -0.3 is 0 Å². The first-order valence-corrected chi connectivity index (χ1v) is 16.1. The van der Waals surface area contributed by atoms with Crippen LogP contribution in [0.2, 0.25) is 5.02 Å². The third-order valence-electron chi connectivity index (χ3n) is 6.69. The van der Waals surface area contributed by atoms with Crippen molar-refractivity contribution in [1.29, 1.82) is 0 Å². The molecule has 222 valence electrons. The molecule has 4 aromatic rings. The third-order valence-corrected chi connectivity index (χ3v) is 9.63. The van der Waals surface area contributed by atoms with Crippen LogP contribution in [0.25, 0.3) is 17.2 Å². The maximum atomic E-state index is 13.7. The minimum Gasteiger partial charge on any atom is -0.280 e. The number of carbonyl (C=O) groups is 2. The molecule has 0 spiro atoms. The van der Waals surface area contributed by atoms with Crippen LogP contribution >= 0.6 is 35.6 Å². The molecule has 0 radical (unpaired) electrons. The Hall–Kier alpha value is -4.36. The van der Waals surface area contributed by atoms with Crippen molar-refractivity contribution >= 4 is 73.5 Å². The molecule has 0 aliphatic carbocycles. The number of non-ortho nitro benzene ring substituents is 1. The monoisotopic (exact) mass is 663 g/mol. The highest BCUT2D eigenvalue weighted by Crippen LogP contribution is 2.35. The number of nitrogens with one attached hydrogen (secondary N) is 1. The lowest BCUT2D eigenvalue weighted by molar-refractivity contribution is -0.384. The Morgan fingerprint density at radius 1 is 0.955 bits per heavy atom. The number of nitrogens with zero attached hydrogens (tertiary/aromatic N) is 2. The summed E-state index contributed by atoms with van der Waals surface area (Å²) in [5.74, 6) is -1.51. The SMILES string of the molecule is O=C(NS(=O)(=O)c1ccc([N+](=O)[O-])cc1)[C@H](Cc1ccccc1)N1C(=O)/C(=C/c2ccc(-c3ccc(Cl)cc3)cc2)SC1=S. The summed E-state index contributed by atoms with van der Waals surface area (Å²) in [6, 6.07) is 26.5. The largest absolute Gasteiger partial charge is 0.280 e. The van der Waals surface area contributed by atoms with E-state index in [9.17, 15) is 28.1 Å². The summed E-state index contributed by atoms with van der Waals surface area (Å²) in [5, 5.41) is 11.6. The summed E-state index contributed by atoms with van der Waals surface area (Å²) in [6.45, 7) is 0. The molecule has 1 fully saturated rings. The lowest BCUT2D eigenvalue weighted by Crippen LogP contribution is -2.51. The summed E-state index contributed by atoms with van der Waals surface area (Å²) in [6.07, 6.45) is 1.65. The first-order valence-electron chi connectivity index (χ1n) is 13.0. The molecule has 13 heteroatoms. The maximum Gasteiger partial charge on any atom is 0.269 e. The van der Waals surface area contributed by atoms with Gasteiger partial charge in [0, 0.05) is 23.6 Å². The number of amides is 2. The number of thioether (sulfide) groups is 1. The molecule has 1 heterocycles. The Morgan fingerprint density at radius 3 is 2.14 bits per heavy atom. The first-order chi connectivity index (χ1) is 21.0. The van der Waals surface area contributed by atoms with Gasteiger partial charge in [-0.05, 0) is 52.6 Å². The van der Waals surface area contributed by atoms with E-state index in [0.717, 1.165) is 57.6 Å². The molecule has 1 N–H and O–H groups in total. The van der Waals surface area contributed by atoms with E-state index in [2.05, 4.69) is 0 Å². The Labute approximate surface area is 267 Å². The smallest absolute Gasteiger partial charge is 0.269 e. The van der Waals surface area contributed by atoms with Gasteiger partial charge in [0.15, 0.2) is 0 Å².